The number of imidazole rings is 1. The Hall–Kier alpha value is -2.05. The minimum Gasteiger partial charge on any atom is -0.384 e. The number of amides is 2. The number of hydrogen-bond donors (Lipinski definition) is 3. The van der Waals surface area contributed by atoms with E-state index in [2.05, 4.69) is 15.6 Å². The van der Waals surface area contributed by atoms with Crippen LogP contribution in [-0.2, 0) is 22.6 Å². The monoisotopic (exact) mass is 267 g/mol. The van der Waals surface area contributed by atoms with Gasteiger partial charge < -0.3 is 20.9 Å². The number of rotatable bonds is 4. The molecule has 0 aromatic carbocycles. The molecule has 7 heteroatoms. The van der Waals surface area contributed by atoms with Crippen molar-refractivity contribution < 1.29 is 9.59 Å². The van der Waals surface area contributed by atoms with Crippen molar-refractivity contribution >= 4 is 17.6 Å². The third kappa shape index (κ3) is 4.61. The van der Waals surface area contributed by atoms with E-state index in [0.29, 0.717) is 11.5 Å². The molecule has 0 saturated carbocycles. The van der Waals surface area contributed by atoms with Crippen LogP contribution in [0.5, 0.6) is 0 Å². The normalized spacial score (nSPS) is 11.2. The lowest BCUT2D eigenvalue weighted by molar-refractivity contribution is -0.122. The van der Waals surface area contributed by atoms with Crippen LogP contribution in [0.1, 0.15) is 26.5 Å². The highest BCUT2D eigenvalue weighted by atomic mass is 16.2. The topological polar surface area (TPSA) is 102 Å². The minimum absolute atomic E-state index is 0.0935. The number of carbonyl (C=O) groups excluding carboxylic acids is 2. The molecule has 0 aliphatic rings. The Morgan fingerprint density at radius 1 is 1.37 bits per heavy atom. The Labute approximate surface area is 112 Å². The van der Waals surface area contributed by atoms with Crippen molar-refractivity contribution in [2.75, 3.05) is 12.8 Å². The van der Waals surface area contributed by atoms with Gasteiger partial charge in [-0.3, -0.25) is 9.59 Å². The summed E-state index contributed by atoms with van der Waals surface area (Å²) in [5.41, 5.74) is 6.04. The smallest absolute Gasteiger partial charge is 0.239 e. The number of nitrogen functional groups attached to an aromatic ring is 1. The van der Waals surface area contributed by atoms with E-state index in [4.69, 9.17) is 5.73 Å². The number of anilines is 1. The van der Waals surface area contributed by atoms with Gasteiger partial charge in [-0.15, -0.1) is 0 Å². The number of nitrogens with zero attached hydrogens (tertiary/aromatic N) is 2. The number of hydrogen-bond acceptors (Lipinski definition) is 4. The molecule has 0 bridgehead atoms. The first kappa shape index (κ1) is 15.0. The van der Waals surface area contributed by atoms with Crippen LogP contribution in [0.2, 0.25) is 0 Å². The molecule has 0 saturated heterocycles. The summed E-state index contributed by atoms with van der Waals surface area (Å²) in [5.74, 6) is 0.0202. The highest BCUT2D eigenvalue weighted by Crippen LogP contribution is 2.11. The van der Waals surface area contributed by atoms with Crippen molar-refractivity contribution in [2.45, 2.75) is 39.3 Å². The van der Waals surface area contributed by atoms with Crippen LogP contribution >= 0.6 is 0 Å². The molecule has 7 nitrogen and oxygen atoms in total. The molecule has 0 atom stereocenters. The lowest BCUT2D eigenvalue weighted by Crippen LogP contribution is -2.41. The van der Waals surface area contributed by atoms with Crippen LogP contribution in [0.25, 0.3) is 0 Å². The zero-order valence-corrected chi connectivity index (χ0v) is 11.8. The summed E-state index contributed by atoms with van der Waals surface area (Å²) in [4.78, 5) is 27.1. The highest BCUT2D eigenvalue weighted by molar-refractivity contribution is 5.80. The first-order valence-corrected chi connectivity index (χ1v) is 6.04. The molecule has 2 amide bonds. The summed E-state index contributed by atoms with van der Waals surface area (Å²) in [6.07, 6.45) is 1.56. The van der Waals surface area contributed by atoms with Crippen molar-refractivity contribution in [2.24, 2.45) is 0 Å². The van der Waals surface area contributed by atoms with Gasteiger partial charge in [0.1, 0.15) is 12.4 Å². The van der Waals surface area contributed by atoms with Crippen LogP contribution < -0.4 is 16.4 Å². The summed E-state index contributed by atoms with van der Waals surface area (Å²) in [6.45, 7) is 5.80. The van der Waals surface area contributed by atoms with Crippen molar-refractivity contribution in [3.63, 3.8) is 0 Å². The van der Waals surface area contributed by atoms with Crippen molar-refractivity contribution in [3.8, 4) is 0 Å². The molecule has 1 rings (SSSR count). The Bertz CT molecular complexity index is 473. The van der Waals surface area contributed by atoms with Crippen LogP contribution in [-0.4, -0.2) is 34.0 Å². The maximum absolute atomic E-state index is 11.8. The van der Waals surface area contributed by atoms with E-state index in [-0.39, 0.29) is 30.3 Å². The summed E-state index contributed by atoms with van der Waals surface area (Å²) < 4.78 is 1.51. The Morgan fingerprint density at radius 2 is 2.00 bits per heavy atom. The summed E-state index contributed by atoms with van der Waals surface area (Å²) >= 11 is 0. The predicted octanol–water partition coefficient (Wildman–Crippen LogP) is -0.331. The standard InChI is InChI=1S/C12H21N5O2/c1-12(2,3)16-9(18)5-8-11(13)17(7-15-8)6-10(19)14-4/h7H,5-6,13H2,1-4H3,(H,14,19)(H,16,18). The van der Waals surface area contributed by atoms with Crippen molar-refractivity contribution in [1.29, 1.82) is 0 Å². The van der Waals surface area contributed by atoms with Crippen molar-refractivity contribution in [3.05, 3.63) is 12.0 Å². The maximum atomic E-state index is 11.8. The molecule has 19 heavy (non-hydrogen) atoms. The number of carbonyl (C=O) groups is 2. The van der Waals surface area contributed by atoms with Gasteiger partial charge in [0, 0.05) is 12.6 Å². The molecule has 106 valence electrons. The van der Waals surface area contributed by atoms with Crippen molar-refractivity contribution in [1.82, 2.24) is 20.2 Å². The van der Waals surface area contributed by atoms with Gasteiger partial charge in [-0.1, -0.05) is 0 Å². The second-order valence-corrected chi connectivity index (χ2v) is 5.35. The fourth-order valence-electron chi connectivity index (χ4n) is 1.54. The van der Waals surface area contributed by atoms with Gasteiger partial charge in [0.15, 0.2) is 0 Å². The van der Waals surface area contributed by atoms with E-state index in [1.165, 1.54) is 10.9 Å². The molecule has 0 spiro atoms. The summed E-state index contributed by atoms with van der Waals surface area (Å²) in [5, 5.41) is 5.33. The van der Waals surface area contributed by atoms with E-state index in [1.54, 1.807) is 7.05 Å². The van der Waals surface area contributed by atoms with Crippen LogP contribution in [0.15, 0.2) is 6.33 Å². The molecule has 1 aromatic heterocycles. The summed E-state index contributed by atoms with van der Waals surface area (Å²) in [7, 11) is 1.55. The molecular weight excluding hydrogens is 246 g/mol. The lowest BCUT2D eigenvalue weighted by Gasteiger charge is -2.20. The molecule has 1 aromatic rings. The SMILES string of the molecule is CNC(=O)Cn1cnc(CC(=O)NC(C)(C)C)c1N. The minimum atomic E-state index is -0.295. The fraction of sp³-hybridized carbons (Fsp3) is 0.583. The molecular formula is C12H21N5O2. The molecule has 0 fully saturated rings. The van der Waals surface area contributed by atoms with Gasteiger partial charge in [-0.05, 0) is 20.8 Å². The highest BCUT2D eigenvalue weighted by Gasteiger charge is 2.17. The Kier molecular flexibility index (Phi) is 4.52. The zero-order valence-electron chi connectivity index (χ0n) is 11.8. The zero-order chi connectivity index (χ0) is 14.6. The van der Waals surface area contributed by atoms with E-state index in [1.807, 2.05) is 20.8 Å². The Morgan fingerprint density at radius 3 is 2.53 bits per heavy atom. The summed E-state index contributed by atoms with van der Waals surface area (Å²) in [6, 6.07) is 0. The third-order valence-corrected chi connectivity index (χ3v) is 2.39. The van der Waals surface area contributed by atoms with Crippen LogP contribution in [0, 0.1) is 0 Å². The average Bonchev–Trinajstić information content (AvgIpc) is 2.59. The molecule has 1 heterocycles. The molecule has 4 N–H and O–H groups in total. The molecule has 0 unspecified atom stereocenters. The largest absolute Gasteiger partial charge is 0.384 e. The van der Waals surface area contributed by atoms with Gasteiger partial charge in [-0.2, -0.15) is 0 Å². The Balaban J connectivity index is 2.70. The number of nitrogens with one attached hydrogen (secondary N) is 2. The van der Waals surface area contributed by atoms with Gasteiger partial charge in [0.05, 0.1) is 18.4 Å². The molecule has 0 radical (unpaired) electrons. The fourth-order valence-corrected chi connectivity index (χ4v) is 1.54. The second kappa shape index (κ2) is 5.73. The van der Waals surface area contributed by atoms with E-state index in [9.17, 15) is 9.59 Å². The van der Waals surface area contributed by atoms with E-state index < -0.39 is 0 Å². The van der Waals surface area contributed by atoms with Crippen LogP contribution in [0.3, 0.4) is 0 Å². The van der Waals surface area contributed by atoms with Crippen LogP contribution in [0.4, 0.5) is 5.82 Å². The maximum Gasteiger partial charge on any atom is 0.239 e. The quantitative estimate of drug-likeness (QED) is 0.695. The third-order valence-electron chi connectivity index (χ3n) is 2.39. The molecule has 0 aliphatic carbocycles. The van der Waals surface area contributed by atoms with Gasteiger partial charge in [0.2, 0.25) is 11.8 Å². The number of nitrogens with two attached hydrogens (primary N) is 1. The van der Waals surface area contributed by atoms with E-state index in [0.717, 1.165) is 0 Å². The molecule has 0 aliphatic heterocycles. The first-order valence-electron chi connectivity index (χ1n) is 6.04. The first-order chi connectivity index (χ1) is 8.73. The van der Waals surface area contributed by atoms with E-state index >= 15 is 0 Å². The van der Waals surface area contributed by atoms with Gasteiger partial charge in [-0.25, -0.2) is 4.98 Å². The predicted molar refractivity (Wildman–Crippen MR) is 72.3 cm³/mol. The lowest BCUT2D eigenvalue weighted by atomic mass is 10.1. The number of aromatic nitrogens is 2. The average molecular weight is 267 g/mol. The van der Waals surface area contributed by atoms with Gasteiger partial charge >= 0.3 is 0 Å². The second-order valence-electron chi connectivity index (χ2n) is 5.35. The number of likely N-dealkylation sites (N-methyl/N-ethyl adjacent to an activating group) is 1. The van der Waals surface area contributed by atoms with Gasteiger partial charge in [0.25, 0.3) is 0 Å².